The molecule has 0 aliphatic heterocycles. The zero-order chi connectivity index (χ0) is 4.50. The molecule has 0 spiro atoms. The first-order valence-electron chi connectivity index (χ1n) is 1.38. The monoisotopic (exact) mass is 238 g/mol. The minimum absolute atomic E-state index is 0. The second kappa shape index (κ2) is 3.43. The predicted molar refractivity (Wildman–Crippen MR) is 49.8 cm³/mol. The summed E-state index contributed by atoms with van der Waals surface area (Å²) in [6.07, 6.45) is 6.77. The molecule has 0 aliphatic rings. The Balaban J connectivity index is 0. The van der Waals surface area contributed by atoms with Gasteiger partial charge >= 0.3 is 0 Å². The van der Waals surface area contributed by atoms with Crippen LogP contribution in [0.2, 0.25) is 0 Å². The average Bonchev–Trinajstić information content (AvgIpc) is 0.722. The lowest BCUT2D eigenvalue weighted by Crippen LogP contribution is -1.72. The molecular formula is C3H11IS2. The van der Waals surface area contributed by atoms with Crippen LogP contribution in [0.3, 0.4) is 0 Å². The summed E-state index contributed by atoms with van der Waals surface area (Å²) < 4.78 is 0. The van der Waals surface area contributed by atoms with Crippen LogP contribution in [0.5, 0.6) is 0 Å². The summed E-state index contributed by atoms with van der Waals surface area (Å²) >= 11 is 2.46. The Morgan fingerprint density at radius 1 is 1.17 bits per heavy atom. The number of halogens is 1. The molecule has 0 fully saturated rings. The van der Waals surface area contributed by atoms with Gasteiger partial charge < -0.3 is 0 Å². The smallest absolute Gasteiger partial charge is 0.0261 e. The average molecular weight is 238 g/mol. The van der Waals surface area contributed by atoms with Gasteiger partial charge in [0, 0.05) is 0 Å². The van der Waals surface area contributed by atoms with Crippen molar-refractivity contribution in [1.82, 2.24) is 0 Å². The highest BCUT2D eigenvalue weighted by molar-refractivity contribution is 14.2. The van der Waals surface area contributed by atoms with Crippen LogP contribution in [0.15, 0.2) is 0 Å². The summed E-state index contributed by atoms with van der Waals surface area (Å²) in [6.45, 7) is 0. The molecule has 0 aliphatic carbocycles. The van der Waals surface area contributed by atoms with E-state index < -0.39 is 0 Å². The van der Waals surface area contributed by atoms with Crippen LogP contribution in [0, 0.1) is 0 Å². The minimum atomic E-state index is -0.197. The lowest BCUT2D eigenvalue weighted by molar-refractivity contribution is 2.19. The molecule has 0 rings (SSSR count). The maximum absolute atomic E-state index is 2.46. The Hall–Kier alpha value is 1.43. The molecule has 3 heteroatoms. The molecule has 0 atom stereocenters. The van der Waals surface area contributed by atoms with Crippen molar-refractivity contribution in [3.63, 3.8) is 0 Å². The molecule has 0 bridgehead atoms. The van der Waals surface area contributed by atoms with E-state index in [4.69, 9.17) is 0 Å². The van der Waals surface area contributed by atoms with E-state index in [9.17, 15) is 0 Å². The fourth-order valence-corrected chi connectivity index (χ4v) is 0. The summed E-state index contributed by atoms with van der Waals surface area (Å²) in [4.78, 5) is 0. The molecule has 6 heavy (non-hydrogen) atoms. The van der Waals surface area contributed by atoms with Crippen LogP contribution < -0.4 is 0 Å². The molecule has 0 aromatic rings. The standard InChI is InChI=1S/C3H9IS.H2S/c1-5(2,3)4;/h1-3H3;1H2. The second-order valence-electron chi connectivity index (χ2n) is 1.69. The quantitative estimate of drug-likeness (QED) is 0.567. The van der Waals surface area contributed by atoms with Crippen LogP contribution >= 0.6 is 41.9 Å². The molecule has 42 valence electrons. The highest BCUT2D eigenvalue weighted by atomic mass is 127. The van der Waals surface area contributed by atoms with Gasteiger partial charge in [0.25, 0.3) is 0 Å². The largest absolute Gasteiger partial charge is 0.197 e. The van der Waals surface area contributed by atoms with Crippen molar-refractivity contribution in [3.05, 3.63) is 0 Å². The van der Waals surface area contributed by atoms with Crippen LogP contribution in [0.4, 0.5) is 0 Å². The van der Waals surface area contributed by atoms with E-state index in [2.05, 4.69) is 40.0 Å². The van der Waals surface area contributed by atoms with Crippen LogP contribution in [-0.2, 0) is 0 Å². The van der Waals surface area contributed by atoms with E-state index in [1.165, 1.54) is 0 Å². The predicted octanol–water partition coefficient (Wildman–Crippen LogP) is 2.14. The van der Waals surface area contributed by atoms with Crippen molar-refractivity contribution in [3.8, 4) is 0 Å². The number of rotatable bonds is 0. The van der Waals surface area contributed by atoms with Gasteiger partial charge in [-0.3, -0.25) is 0 Å². The molecule has 0 saturated heterocycles. The third-order valence-corrected chi connectivity index (χ3v) is 0. The first kappa shape index (κ1) is 10.4. The summed E-state index contributed by atoms with van der Waals surface area (Å²) in [5, 5.41) is 0. The first-order valence-corrected chi connectivity index (χ1v) is 6.78. The van der Waals surface area contributed by atoms with Gasteiger partial charge in [-0.1, -0.05) is 0 Å². The molecule has 0 radical (unpaired) electrons. The fraction of sp³-hybridized carbons (Fsp3) is 1.00. The van der Waals surface area contributed by atoms with Crippen LogP contribution in [0.25, 0.3) is 0 Å². The van der Waals surface area contributed by atoms with Gasteiger partial charge in [0.15, 0.2) is 0 Å². The fourth-order valence-electron chi connectivity index (χ4n) is 0. The van der Waals surface area contributed by atoms with Crippen molar-refractivity contribution in [2.75, 3.05) is 18.8 Å². The van der Waals surface area contributed by atoms with E-state index in [1.807, 2.05) is 0 Å². The lowest BCUT2D eigenvalue weighted by atomic mass is 11.9. The zero-order valence-corrected chi connectivity index (χ0v) is 8.26. The van der Waals surface area contributed by atoms with Gasteiger partial charge in [0.2, 0.25) is 0 Å². The molecule has 0 aromatic heterocycles. The summed E-state index contributed by atoms with van der Waals surface area (Å²) in [5.74, 6) is 0. The molecule has 0 unspecified atom stereocenters. The zero-order valence-electron chi connectivity index (χ0n) is 4.29. The van der Waals surface area contributed by atoms with Gasteiger partial charge in [-0.25, -0.2) is 0 Å². The Bertz CT molecular complexity index is 24.3. The highest BCUT2D eigenvalue weighted by Crippen LogP contribution is 2.43. The van der Waals surface area contributed by atoms with E-state index >= 15 is 0 Å². The molecule has 0 aromatic carbocycles. The van der Waals surface area contributed by atoms with Gasteiger partial charge in [0.1, 0.15) is 0 Å². The Morgan fingerprint density at radius 2 is 1.17 bits per heavy atom. The SMILES string of the molecule is CS(C)(C)I.S. The number of hydrogen-bond donors (Lipinski definition) is 0. The maximum Gasteiger partial charge on any atom is -0.0261 e. The first-order chi connectivity index (χ1) is 2.00. The topological polar surface area (TPSA) is 0 Å². The van der Waals surface area contributed by atoms with Gasteiger partial charge in [-0.15, -0.1) is 0 Å². The van der Waals surface area contributed by atoms with Gasteiger partial charge in [-0.2, -0.15) is 20.7 Å². The van der Waals surface area contributed by atoms with E-state index in [-0.39, 0.29) is 20.7 Å². The van der Waals surface area contributed by atoms with Crippen molar-refractivity contribution in [1.29, 1.82) is 0 Å². The van der Waals surface area contributed by atoms with E-state index in [0.29, 0.717) is 0 Å². The Labute approximate surface area is 60.4 Å². The van der Waals surface area contributed by atoms with Crippen molar-refractivity contribution < 1.29 is 0 Å². The normalized spacial score (nSPS) is 12.7. The third kappa shape index (κ3) is 52.1. The number of hydrogen-bond acceptors (Lipinski definition) is 0. The summed E-state index contributed by atoms with van der Waals surface area (Å²) in [5.41, 5.74) is 0. The van der Waals surface area contributed by atoms with Crippen molar-refractivity contribution in [2.45, 2.75) is 0 Å². The molecular weight excluding hydrogens is 227 g/mol. The summed E-state index contributed by atoms with van der Waals surface area (Å²) in [7, 11) is -0.197. The maximum atomic E-state index is 2.46. The van der Waals surface area contributed by atoms with Crippen molar-refractivity contribution >= 4 is 41.9 Å². The highest BCUT2D eigenvalue weighted by Gasteiger charge is 1.89. The lowest BCUT2D eigenvalue weighted by Gasteiger charge is -2.11. The Morgan fingerprint density at radius 3 is 1.17 bits per heavy atom. The van der Waals surface area contributed by atoms with E-state index in [0.717, 1.165) is 0 Å². The summed E-state index contributed by atoms with van der Waals surface area (Å²) in [6, 6.07) is 0. The molecule has 0 heterocycles. The molecule has 0 amide bonds. The second-order valence-corrected chi connectivity index (χ2v) is 13.0. The van der Waals surface area contributed by atoms with Crippen molar-refractivity contribution in [2.24, 2.45) is 0 Å². The minimum Gasteiger partial charge on any atom is -0.197 e. The van der Waals surface area contributed by atoms with Crippen LogP contribution in [0.1, 0.15) is 0 Å². The van der Waals surface area contributed by atoms with Gasteiger partial charge in [-0.05, 0) is 40.0 Å². The molecule has 0 saturated carbocycles. The Kier molecular flexibility index (Phi) is 5.96. The van der Waals surface area contributed by atoms with E-state index in [1.54, 1.807) is 0 Å². The third-order valence-electron chi connectivity index (χ3n) is 0. The molecule has 0 N–H and O–H groups in total. The van der Waals surface area contributed by atoms with Gasteiger partial charge in [0.05, 0.1) is 0 Å². The molecule has 0 nitrogen and oxygen atoms in total. The van der Waals surface area contributed by atoms with Crippen LogP contribution in [-0.4, -0.2) is 18.8 Å².